The Balaban J connectivity index is 4.44. The molecule has 0 fully saturated rings. The van der Waals surface area contributed by atoms with Gasteiger partial charge >= 0.3 is 25.7 Å². The zero-order valence-electron chi connectivity index (χ0n) is 25.3. The number of rotatable bonds is 23. The first-order valence-corrected chi connectivity index (χ1v) is 28.3. The number of aliphatic hydroxyl groups excluding tert-OH is 1. The molecule has 0 amide bonds. The van der Waals surface area contributed by atoms with E-state index in [9.17, 15) is 0 Å². The molecule has 0 saturated carbocycles. The van der Waals surface area contributed by atoms with E-state index in [1.807, 2.05) is 0 Å². The number of ether oxygens (including phenoxy) is 3. The molecular weight excluding hydrogens is 545 g/mol. The number of unbranched alkanes of at least 4 members (excludes halogenated alkanes) is 1. The lowest BCUT2D eigenvalue weighted by molar-refractivity contribution is 0.00775. The van der Waals surface area contributed by atoms with Crippen molar-refractivity contribution < 1.29 is 35.8 Å². The summed E-state index contributed by atoms with van der Waals surface area (Å²) in [6, 6.07) is 2.19. The molecule has 218 valence electrons. The Kier molecular flexibility index (Phi) is 17.8. The molecule has 0 bridgehead atoms. The van der Waals surface area contributed by atoms with Crippen LogP contribution in [0.1, 0.15) is 26.2 Å². The predicted octanol–water partition coefficient (Wildman–Crippen LogP) is 5.80. The maximum atomic E-state index is 8.65. The maximum Gasteiger partial charge on any atom is 0.314 e. The quantitative estimate of drug-likeness (QED) is 0.116. The lowest BCUT2D eigenvalue weighted by atomic mass is 10.4. The standard InChI is InChI=1S/C23H58O8Si5/c1-12-13-22-32(2,3)28-34(6,7)30-36(10,11)31-35(8,9)29-33(4,5)23-14-16-25-18-20-27-21-19-26-17-15-24/h24H,12-23H2,1-11H3. The van der Waals surface area contributed by atoms with Gasteiger partial charge in [0, 0.05) is 6.61 Å². The zero-order valence-corrected chi connectivity index (χ0v) is 30.3. The largest absolute Gasteiger partial charge is 0.436 e. The molecule has 0 saturated heterocycles. The highest BCUT2D eigenvalue weighted by Crippen LogP contribution is 2.28. The van der Waals surface area contributed by atoms with Gasteiger partial charge in [0.05, 0.1) is 39.6 Å². The average molecular weight is 603 g/mol. The summed E-state index contributed by atoms with van der Waals surface area (Å²) in [6.07, 6.45) is 3.38. The van der Waals surface area contributed by atoms with Gasteiger partial charge in [0.2, 0.25) is 0 Å². The van der Waals surface area contributed by atoms with Crippen LogP contribution in [0.4, 0.5) is 0 Å². The molecule has 8 nitrogen and oxygen atoms in total. The predicted molar refractivity (Wildman–Crippen MR) is 160 cm³/mol. The second-order valence-electron chi connectivity index (χ2n) is 11.9. The van der Waals surface area contributed by atoms with Crippen molar-refractivity contribution in [2.45, 2.75) is 104 Å². The third-order valence-corrected chi connectivity index (χ3v) is 24.5. The van der Waals surface area contributed by atoms with Crippen LogP contribution in [0.2, 0.25) is 77.6 Å². The van der Waals surface area contributed by atoms with E-state index in [2.05, 4.69) is 72.4 Å². The van der Waals surface area contributed by atoms with Gasteiger partial charge in [0.15, 0.2) is 16.6 Å². The second-order valence-corrected chi connectivity index (χ2v) is 31.6. The molecular formula is C23H58O8Si5. The molecule has 0 spiro atoms. The van der Waals surface area contributed by atoms with Crippen LogP contribution < -0.4 is 0 Å². The number of hydrogen-bond donors (Lipinski definition) is 1. The molecule has 0 aromatic heterocycles. The molecule has 0 atom stereocenters. The summed E-state index contributed by atoms with van der Waals surface area (Å²) < 4.78 is 43.0. The first kappa shape index (κ1) is 36.8. The summed E-state index contributed by atoms with van der Waals surface area (Å²) in [6.45, 7) is 27.5. The molecule has 0 aliphatic carbocycles. The van der Waals surface area contributed by atoms with Gasteiger partial charge in [-0.25, -0.2) is 0 Å². The molecule has 0 unspecified atom stereocenters. The smallest absolute Gasteiger partial charge is 0.314 e. The van der Waals surface area contributed by atoms with Crippen molar-refractivity contribution in [1.82, 2.24) is 0 Å². The van der Waals surface area contributed by atoms with Gasteiger partial charge in [-0.2, -0.15) is 0 Å². The third-order valence-electron chi connectivity index (χ3n) is 5.21. The van der Waals surface area contributed by atoms with Crippen LogP contribution in [0.15, 0.2) is 0 Å². The molecule has 0 heterocycles. The van der Waals surface area contributed by atoms with Crippen LogP contribution in [0.3, 0.4) is 0 Å². The molecule has 0 aromatic rings. The molecule has 0 radical (unpaired) electrons. The van der Waals surface area contributed by atoms with E-state index >= 15 is 0 Å². The minimum Gasteiger partial charge on any atom is -0.436 e. The van der Waals surface area contributed by atoms with Crippen LogP contribution >= 0.6 is 0 Å². The Morgan fingerprint density at radius 3 is 1.25 bits per heavy atom. The van der Waals surface area contributed by atoms with Gasteiger partial charge < -0.3 is 35.8 Å². The number of aliphatic hydroxyl groups is 1. The minimum absolute atomic E-state index is 0.0411. The fraction of sp³-hybridized carbons (Fsp3) is 1.00. The maximum absolute atomic E-state index is 8.65. The van der Waals surface area contributed by atoms with Gasteiger partial charge in [0.25, 0.3) is 0 Å². The minimum atomic E-state index is -2.41. The Morgan fingerprint density at radius 2 is 0.833 bits per heavy atom. The van der Waals surface area contributed by atoms with Crippen molar-refractivity contribution in [1.29, 1.82) is 0 Å². The SMILES string of the molecule is CCCC[Si](C)(C)O[Si](C)(C)O[Si](C)(C)O[Si](C)(C)O[Si](C)(C)CCCOCCOCCOCCO. The average Bonchev–Trinajstić information content (AvgIpc) is 2.66. The van der Waals surface area contributed by atoms with Crippen molar-refractivity contribution in [3.8, 4) is 0 Å². The number of hydrogen-bond acceptors (Lipinski definition) is 8. The zero-order chi connectivity index (χ0) is 27.9. The normalized spacial score (nSPS) is 14.0. The Labute approximate surface area is 227 Å². The fourth-order valence-electron chi connectivity index (χ4n) is 4.49. The van der Waals surface area contributed by atoms with E-state index in [0.717, 1.165) is 12.5 Å². The highest BCUT2D eigenvalue weighted by Gasteiger charge is 2.45. The Morgan fingerprint density at radius 1 is 0.472 bits per heavy atom. The molecule has 1 N–H and O–H groups in total. The van der Waals surface area contributed by atoms with Gasteiger partial charge in [-0.1, -0.05) is 19.8 Å². The molecule has 0 rings (SSSR count). The fourth-order valence-corrected chi connectivity index (χ4v) is 29.2. The third kappa shape index (κ3) is 20.7. The highest BCUT2D eigenvalue weighted by atomic mass is 28.5. The van der Waals surface area contributed by atoms with Crippen LogP contribution in [0.5, 0.6) is 0 Å². The van der Waals surface area contributed by atoms with Crippen molar-refractivity contribution in [2.75, 3.05) is 46.2 Å². The Hall–Kier alpha value is 0.764. The topological polar surface area (TPSA) is 84.8 Å². The van der Waals surface area contributed by atoms with E-state index in [4.69, 9.17) is 35.8 Å². The summed E-state index contributed by atoms with van der Waals surface area (Å²) >= 11 is 0. The lowest BCUT2D eigenvalue weighted by Crippen LogP contribution is -2.58. The summed E-state index contributed by atoms with van der Waals surface area (Å²) in [5, 5.41) is 8.65. The molecule has 0 aliphatic heterocycles. The lowest BCUT2D eigenvalue weighted by Gasteiger charge is -2.42. The molecule has 0 aliphatic rings. The van der Waals surface area contributed by atoms with E-state index < -0.39 is 42.3 Å². The van der Waals surface area contributed by atoms with Crippen LogP contribution in [-0.4, -0.2) is 93.7 Å². The molecule has 36 heavy (non-hydrogen) atoms. The van der Waals surface area contributed by atoms with Crippen LogP contribution in [-0.2, 0) is 30.7 Å². The van der Waals surface area contributed by atoms with Gasteiger partial charge in [-0.15, -0.1) is 0 Å². The highest BCUT2D eigenvalue weighted by molar-refractivity contribution is 6.90. The van der Waals surface area contributed by atoms with Crippen LogP contribution in [0, 0.1) is 0 Å². The first-order chi connectivity index (χ1) is 16.4. The monoisotopic (exact) mass is 602 g/mol. The first-order valence-electron chi connectivity index (χ1n) is 13.6. The van der Waals surface area contributed by atoms with Gasteiger partial charge in [-0.3, -0.25) is 0 Å². The van der Waals surface area contributed by atoms with Crippen LogP contribution in [0.25, 0.3) is 0 Å². The van der Waals surface area contributed by atoms with E-state index in [1.54, 1.807) is 0 Å². The summed E-state index contributed by atoms with van der Waals surface area (Å²) in [5.74, 6) is 0. The summed E-state index contributed by atoms with van der Waals surface area (Å²) in [4.78, 5) is 0. The van der Waals surface area contributed by atoms with E-state index in [1.165, 1.54) is 18.9 Å². The van der Waals surface area contributed by atoms with Crippen molar-refractivity contribution in [3.05, 3.63) is 0 Å². The summed E-state index contributed by atoms with van der Waals surface area (Å²) in [5.41, 5.74) is 0. The Bertz CT molecular complexity index is 577. The molecule has 13 heteroatoms. The van der Waals surface area contributed by atoms with Crippen molar-refractivity contribution in [2.24, 2.45) is 0 Å². The second kappa shape index (κ2) is 17.5. The summed E-state index contributed by atoms with van der Waals surface area (Å²) in [7, 11) is -10.7. The van der Waals surface area contributed by atoms with Gasteiger partial charge in [-0.05, 0) is 84.0 Å². The van der Waals surface area contributed by atoms with Crippen molar-refractivity contribution >= 4 is 42.3 Å². The van der Waals surface area contributed by atoms with Gasteiger partial charge in [0.1, 0.15) is 0 Å². The van der Waals surface area contributed by atoms with E-state index in [0.29, 0.717) is 39.6 Å². The molecule has 0 aromatic carbocycles. The van der Waals surface area contributed by atoms with Crippen molar-refractivity contribution in [3.63, 3.8) is 0 Å². The van der Waals surface area contributed by atoms with E-state index in [-0.39, 0.29) is 6.61 Å².